The molecule has 5 heteroatoms. The summed E-state index contributed by atoms with van der Waals surface area (Å²) in [6, 6.07) is 10.2. The van der Waals surface area contributed by atoms with Gasteiger partial charge >= 0.3 is 0 Å². The molecule has 0 aliphatic heterocycles. The van der Waals surface area contributed by atoms with E-state index in [1.165, 1.54) is 5.56 Å². The average molecular weight is 254 g/mol. The molecular weight excluding hydrogens is 240 g/mol. The molecule has 0 saturated carbocycles. The average Bonchev–Trinajstić information content (AvgIpc) is 3.11. The van der Waals surface area contributed by atoms with Crippen LogP contribution in [-0.2, 0) is 13.1 Å². The first-order valence-corrected chi connectivity index (χ1v) is 6.08. The Balaban J connectivity index is 1.59. The maximum atomic E-state index is 4.78. The Morgan fingerprint density at radius 3 is 2.74 bits per heavy atom. The number of nitrogens with zero attached hydrogens (tertiary/aromatic N) is 3. The first kappa shape index (κ1) is 11.5. The van der Waals surface area contributed by atoms with E-state index in [0.717, 1.165) is 17.9 Å². The molecule has 0 radical (unpaired) electrons. The second kappa shape index (κ2) is 5.39. The molecule has 3 rings (SSSR count). The number of rotatable bonds is 5. The van der Waals surface area contributed by atoms with Gasteiger partial charge in [0.1, 0.15) is 12.0 Å². The molecule has 5 nitrogen and oxygen atoms in total. The van der Waals surface area contributed by atoms with Crippen LogP contribution in [-0.4, -0.2) is 14.7 Å². The highest BCUT2D eigenvalue weighted by molar-refractivity contribution is 5.44. The molecule has 0 aliphatic carbocycles. The molecule has 19 heavy (non-hydrogen) atoms. The van der Waals surface area contributed by atoms with Crippen molar-refractivity contribution in [3.63, 3.8) is 0 Å². The summed E-state index contributed by atoms with van der Waals surface area (Å²) in [6.45, 7) is 1.50. The zero-order chi connectivity index (χ0) is 12.9. The quantitative estimate of drug-likeness (QED) is 0.760. The van der Waals surface area contributed by atoms with E-state index in [1.54, 1.807) is 12.5 Å². The van der Waals surface area contributed by atoms with Gasteiger partial charge in [0.2, 0.25) is 0 Å². The van der Waals surface area contributed by atoms with Crippen LogP contribution in [0.2, 0.25) is 0 Å². The zero-order valence-corrected chi connectivity index (χ0v) is 10.4. The van der Waals surface area contributed by atoms with Crippen LogP contribution < -0.4 is 5.32 Å². The first-order chi connectivity index (χ1) is 9.40. The van der Waals surface area contributed by atoms with E-state index >= 15 is 0 Å². The number of hydrogen-bond donors (Lipinski definition) is 1. The van der Waals surface area contributed by atoms with Crippen LogP contribution in [0, 0.1) is 0 Å². The van der Waals surface area contributed by atoms with E-state index < -0.39 is 0 Å². The fraction of sp³-hybridized carbons (Fsp3) is 0.143. The van der Waals surface area contributed by atoms with Gasteiger partial charge in [0.25, 0.3) is 0 Å². The summed E-state index contributed by atoms with van der Waals surface area (Å²) in [7, 11) is 0. The van der Waals surface area contributed by atoms with Crippen molar-refractivity contribution in [2.75, 3.05) is 5.32 Å². The SMILES string of the molecule is c1cn(Cc2ccc(NCc3ccon3)cc2)cn1. The van der Waals surface area contributed by atoms with Crippen LogP contribution >= 0.6 is 0 Å². The lowest BCUT2D eigenvalue weighted by Crippen LogP contribution is -2.00. The molecule has 1 N–H and O–H groups in total. The number of aromatic nitrogens is 3. The Hall–Kier alpha value is -2.56. The van der Waals surface area contributed by atoms with Crippen molar-refractivity contribution in [1.82, 2.24) is 14.7 Å². The van der Waals surface area contributed by atoms with Gasteiger partial charge in [-0.05, 0) is 17.7 Å². The molecule has 0 fully saturated rings. The maximum absolute atomic E-state index is 4.78. The van der Waals surface area contributed by atoms with Gasteiger partial charge in [-0.1, -0.05) is 17.3 Å². The van der Waals surface area contributed by atoms with Crippen molar-refractivity contribution in [3.05, 3.63) is 66.6 Å². The highest BCUT2D eigenvalue weighted by Crippen LogP contribution is 2.11. The fourth-order valence-corrected chi connectivity index (χ4v) is 1.84. The summed E-state index contributed by atoms with van der Waals surface area (Å²) in [6.07, 6.45) is 7.13. The third-order valence-electron chi connectivity index (χ3n) is 2.84. The molecule has 0 saturated heterocycles. The molecule has 0 atom stereocenters. The van der Waals surface area contributed by atoms with Crippen molar-refractivity contribution in [2.24, 2.45) is 0 Å². The van der Waals surface area contributed by atoms with Gasteiger partial charge in [0.15, 0.2) is 0 Å². The molecule has 0 spiro atoms. The molecule has 3 aromatic rings. The lowest BCUT2D eigenvalue weighted by Gasteiger charge is -2.06. The third-order valence-corrected chi connectivity index (χ3v) is 2.84. The van der Waals surface area contributed by atoms with E-state index in [0.29, 0.717) is 6.54 Å². The summed E-state index contributed by atoms with van der Waals surface area (Å²) in [5.41, 5.74) is 3.20. The second-order valence-corrected chi connectivity index (χ2v) is 4.28. The van der Waals surface area contributed by atoms with E-state index in [9.17, 15) is 0 Å². The summed E-state index contributed by atoms with van der Waals surface area (Å²) in [4.78, 5) is 4.03. The van der Waals surface area contributed by atoms with Gasteiger partial charge in [0, 0.05) is 30.7 Å². The minimum atomic E-state index is 0.664. The van der Waals surface area contributed by atoms with Crippen LogP contribution in [0.5, 0.6) is 0 Å². The molecule has 0 aliphatic rings. The highest BCUT2D eigenvalue weighted by Gasteiger charge is 1.98. The van der Waals surface area contributed by atoms with Crippen molar-refractivity contribution in [1.29, 1.82) is 0 Å². The molecule has 0 bridgehead atoms. The lowest BCUT2D eigenvalue weighted by molar-refractivity contribution is 0.412. The number of hydrogen-bond acceptors (Lipinski definition) is 4. The van der Waals surface area contributed by atoms with Crippen LogP contribution in [0.25, 0.3) is 0 Å². The van der Waals surface area contributed by atoms with Gasteiger partial charge in [-0.25, -0.2) is 4.98 Å². The Morgan fingerprint density at radius 2 is 2.05 bits per heavy atom. The number of benzene rings is 1. The Labute approximate surface area is 110 Å². The molecule has 0 amide bonds. The van der Waals surface area contributed by atoms with Gasteiger partial charge in [-0.3, -0.25) is 0 Å². The standard InChI is InChI=1S/C14H14N4O/c1-3-13(16-9-14-5-8-19-17-14)4-2-12(1)10-18-7-6-15-11-18/h1-8,11,16H,9-10H2. The maximum Gasteiger partial charge on any atom is 0.124 e. The molecule has 1 aromatic carbocycles. The van der Waals surface area contributed by atoms with E-state index in [4.69, 9.17) is 4.52 Å². The Bertz CT molecular complexity index is 599. The monoisotopic (exact) mass is 254 g/mol. The van der Waals surface area contributed by atoms with Gasteiger partial charge in [0.05, 0.1) is 12.9 Å². The summed E-state index contributed by atoms with van der Waals surface area (Å²) >= 11 is 0. The zero-order valence-electron chi connectivity index (χ0n) is 10.4. The normalized spacial score (nSPS) is 10.5. The summed E-state index contributed by atoms with van der Waals surface area (Å²) in [5, 5.41) is 7.14. The Kier molecular flexibility index (Phi) is 3.27. The van der Waals surface area contributed by atoms with Gasteiger partial charge in [-0.2, -0.15) is 0 Å². The van der Waals surface area contributed by atoms with E-state index in [2.05, 4.69) is 39.7 Å². The van der Waals surface area contributed by atoms with Crippen LogP contribution in [0.4, 0.5) is 5.69 Å². The smallest absolute Gasteiger partial charge is 0.124 e. The first-order valence-electron chi connectivity index (χ1n) is 6.08. The molecule has 96 valence electrons. The molecule has 2 heterocycles. The summed E-state index contributed by atoms with van der Waals surface area (Å²) in [5.74, 6) is 0. The minimum absolute atomic E-state index is 0.664. The molecular formula is C14H14N4O. The lowest BCUT2D eigenvalue weighted by atomic mass is 10.2. The van der Waals surface area contributed by atoms with Gasteiger partial charge in [-0.15, -0.1) is 0 Å². The van der Waals surface area contributed by atoms with E-state index in [1.807, 2.05) is 23.2 Å². The fourth-order valence-electron chi connectivity index (χ4n) is 1.84. The predicted octanol–water partition coefficient (Wildman–Crippen LogP) is 2.53. The van der Waals surface area contributed by atoms with Crippen LogP contribution in [0.1, 0.15) is 11.3 Å². The van der Waals surface area contributed by atoms with Crippen molar-refractivity contribution >= 4 is 5.69 Å². The van der Waals surface area contributed by atoms with Crippen LogP contribution in [0.3, 0.4) is 0 Å². The molecule has 0 unspecified atom stereocenters. The van der Waals surface area contributed by atoms with Crippen LogP contribution in [0.15, 0.2) is 59.8 Å². The van der Waals surface area contributed by atoms with Crippen molar-refractivity contribution in [3.8, 4) is 0 Å². The number of anilines is 1. The van der Waals surface area contributed by atoms with E-state index in [-0.39, 0.29) is 0 Å². The highest BCUT2D eigenvalue weighted by atomic mass is 16.5. The number of imidazole rings is 1. The topological polar surface area (TPSA) is 55.9 Å². The second-order valence-electron chi connectivity index (χ2n) is 4.28. The summed E-state index contributed by atoms with van der Waals surface area (Å²) < 4.78 is 6.82. The molecule has 2 aromatic heterocycles. The largest absolute Gasteiger partial charge is 0.379 e. The van der Waals surface area contributed by atoms with Gasteiger partial charge < -0.3 is 14.4 Å². The Morgan fingerprint density at radius 1 is 1.16 bits per heavy atom. The third kappa shape index (κ3) is 3.01. The van der Waals surface area contributed by atoms with Crippen molar-refractivity contribution in [2.45, 2.75) is 13.1 Å². The number of nitrogens with one attached hydrogen (secondary N) is 1. The van der Waals surface area contributed by atoms with Crippen molar-refractivity contribution < 1.29 is 4.52 Å². The minimum Gasteiger partial charge on any atom is -0.379 e. The predicted molar refractivity (Wildman–Crippen MR) is 71.6 cm³/mol.